The molecule has 0 heterocycles. The Morgan fingerprint density at radius 1 is 0.917 bits per heavy atom. The first-order chi connectivity index (χ1) is 11.0. The van der Waals surface area contributed by atoms with Gasteiger partial charge in [-0.2, -0.15) is 0 Å². The Labute approximate surface area is 151 Å². The zero-order valence-corrected chi connectivity index (χ0v) is 15.3. The van der Waals surface area contributed by atoms with Crippen molar-refractivity contribution >= 4 is 12.4 Å². The normalized spacial score (nSPS) is 13.3. The fraction of sp³-hybridized carbons (Fsp3) is 0.400. The van der Waals surface area contributed by atoms with Crippen molar-refractivity contribution in [3.8, 4) is 5.75 Å². The Morgan fingerprint density at radius 2 is 1.54 bits per heavy atom. The molecule has 0 saturated carbocycles. The third kappa shape index (κ3) is 5.82. The van der Waals surface area contributed by atoms with Gasteiger partial charge < -0.3 is 15.1 Å². The number of aromatic hydroxyl groups is 1. The molecule has 0 aromatic heterocycles. The van der Waals surface area contributed by atoms with E-state index in [1.165, 1.54) is 0 Å². The Bertz CT molecular complexity index is 604. The van der Waals surface area contributed by atoms with Crippen LogP contribution in [0.1, 0.15) is 30.4 Å². The number of phenolic OH excluding ortho intramolecular Hbond substituents is 1. The molecule has 0 bridgehead atoms. The average Bonchev–Trinajstić information content (AvgIpc) is 2.54. The molecule has 0 amide bonds. The SMILES string of the molecule is CN(C)CCCC(O)(CCc1ccccc1O)c1ccccc1.Cl. The van der Waals surface area contributed by atoms with Crippen molar-refractivity contribution in [1.29, 1.82) is 0 Å². The molecule has 2 N–H and O–H groups in total. The summed E-state index contributed by atoms with van der Waals surface area (Å²) in [5.74, 6) is 0.302. The van der Waals surface area contributed by atoms with Crippen LogP contribution in [0.25, 0.3) is 0 Å². The second kappa shape index (κ2) is 9.67. The van der Waals surface area contributed by atoms with Crippen LogP contribution < -0.4 is 0 Å². The lowest BCUT2D eigenvalue weighted by Crippen LogP contribution is -2.28. The lowest BCUT2D eigenvalue weighted by atomic mass is 9.83. The zero-order chi connectivity index (χ0) is 16.7. The van der Waals surface area contributed by atoms with Gasteiger partial charge in [0.15, 0.2) is 0 Å². The maximum Gasteiger partial charge on any atom is 0.118 e. The lowest BCUT2D eigenvalue weighted by Gasteiger charge is -2.29. The number of hydrogen-bond donors (Lipinski definition) is 2. The van der Waals surface area contributed by atoms with Gasteiger partial charge in [0.1, 0.15) is 5.75 Å². The summed E-state index contributed by atoms with van der Waals surface area (Å²) in [5.41, 5.74) is 0.975. The Balaban J connectivity index is 0.00000288. The summed E-state index contributed by atoms with van der Waals surface area (Å²) < 4.78 is 0. The Kier molecular flexibility index (Phi) is 8.26. The number of nitrogens with zero attached hydrogens (tertiary/aromatic N) is 1. The van der Waals surface area contributed by atoms with E-state index in [9.17, 15) is 10.2 Å². The molecule has 1 unspecified atom stereocenters. The van der Waals surface area contributed by atoms with E-state index in [-0.39, 0.29) is 12.4 Å². The number of aryl methyl sites for hydroxylation is 1. The predicted octanol–water partition coefficient (Wildman–Crippen LogP) is 3.98. The molecule has 0 radical (unpaired) electrons. The minimum atomic E-state index is -0.862. The third-order valence-electron chi connectivity index (χ3n) is 4.31. The van der Waals surface area contributed by atoms with Crippen LogP contribution in [0.2, 0.25) is 0 Å². The number of para-hydroxylation sites is 1. The second-order valence-corrected chi connectivity index (χ2v) is 6.43. The van der Waals surface area contributed by atoms with E-state index in [4.69, 9.17) is 0 Å². The smallest absolute Gasteiger partial charge is 0.118 e. The molecule has 0 fully saturated rings. The molecule has 0 spiro atoms. The first-order valence-corrected chi connectivity index (χ1v) is 8.21. The minimum absolute atomic E-state index is 0. The van der Waals surface area contributed by atoms with Crippen LogP contribution in [0.3, 0.4) is 0 Å². The highest BCUT2D eigenvalue weighted by molar-refractivity contribution is 5.85. The number of phenols is 1. The molecule has 0 saturated heterocycles. The average molecular weight is 350 g/mol. The topological polar surface area (TPSA) is 43.7 Å². The van der Waals surface area contributed by atoms with Crippen LogP contribution in [-0.4, -0.2) is 35.8 Å². The number of benzene rings is 2. The monoisotopic (exact) mass is 349 g/mol. The summed E-state index contributed by atoms with van der Waals surface area (Å²) in [7, 11) is 4.09. The first-order valence-electron chi connectivity index (χ1n) is 8.21. The van der Waals surface area contributed by atoms with Gasteiger partial charge in [0.05, 0.1) is 5.60 Å². The van der Waals surface area contributed by atoms with Crippen molar-refractivity contribution < 1.29 is 10.2 Å². The summed E-state index contributed by atoms with van der Waals surface area (Å²) >= 11 is 0. The molecule has 0 aliphatic rings. The van der Waals surface area contributed by atoms with Crippen molar-refractivity contribution in [2.75, 3.05) is 20.6 Å². The molecule has 0 aliphatic heterocycles. The highest BCUT2D eigenvalue weighted by atomic mass is 35.5. The van der Waals surface area contributed by atoms with Crippen molar-refractivity contribution in [3.05, 3.63) is 65.7 Å². The molecule has 2 aromatic carbocycles. The first kappa shape index (κ1) is 20.5. The van der Waals surface area contributed by atoms with E-state index in [1.807, 2.05) is 62.6 Å². The molecule has 1 atom stereocenters. The Morgan fingerprint density at radius 3 is 2.17 bits per heavy atom. The Hall–Kier alpha value is -1.55. The van der Waals surface area contributed by atoms with Gasteiger partial charge >= 0.3 is 0 Å². The fourth-order valence-electron chi connectivity index (χ4n) is 2.91. The molecule has 0 aliphatic carbocycles. The van der Waals surface area contributed by atoms with Gasteiger partial charge in [0.25, 0.3) is 0 Å². The number of rotatable bonds is 8. The van der Waals surface area contributed by atoms with Gasteiger partial charge in [-0.1, -0.05) is 48.5 Å². The van der Waals surface area contributed by atoms with Gasteiger partial charge in [0.2, 0.25) is 0 Å². The molecular weight excluding hydrogens is 322 g/mol. The van der Waals surface area contributed by atoms with Gasteiger partial charge in [-0.25, -0.2) is 0 Å². The molecule has 2 rings (SSSR count). The molecular formula is C20H28ClNO2. The van der Waals surface area contributed by atoms with Gasteiger partial charge in [-0.15, -0.1) is 12.4 Å². The largest absolute Gasteiger partial charge is 0.508 e. The number of aliphatic hydroxyl groups is 1. The van der Waals surface area contributed by atoms with Crippen LogP contribution >= 0.6 is 12.4 Å². The van der Waals surface area contributed by atoms with Crippen LogP contribution in [-0.2, 0) is 12.0 Å². The maximum absolute atomic E-state index is 11.2. The summed E-state index contributed by atoms with van der Waals surface area (Å²) in [6.07, 6.45) is 2.89. The van der Waals surface area contributed by atoms with E-state index >= 15 is 0 Å². The summed E-state index contributed by atoms with van der Waals surface area (Å²) in [6.45, 7) is 0.950. The van der Waals surface area contributed by atoms with Crippen molar-refractivity contribution in [2.24, 2.45) is 0 Å². The number of hydrogen-bond acceptors (Lipinski definition) is 3. The minimum Gasteiger partial charge on any atom is -0.508 e. The molecule has 24 heavy (non-hydrogen) atoms. The van der Waals surface area contributed by atoms with E-state index < -0.39 is 5.60 Å². The van der Waals surface area contributed by atoms with Crippen molar-refractivity contribution in [2.45, 2.75) is 31.3 Å². The molecule has 4 heteroatoms. The van der Waals surface area contributed by atoms with Gasteiger partial charge in [-0.05, 0) is 63.5 Å². The quantitative estimate of drug-likeness (QED) is 0.757. The molecule has 2 aromatic rings. The zero-order valence-electron chi connectivity index (χ0n) is 14.5. The van der Waals surface area contributed by atoms with Crippen molar-refractivity contribution in [1.82, 2.24) is 4.90 Å². The highest BCUT2D eigenvalue weighted by Gasteiger charge is 2.28. The van der Waals surface area contributed by atoms with Crippen LogP contribution in [0.4, 0.5) is 0 Å². The maximum atomic E-state index is 11.2. The van der Waals surface area contributed by atoms with E-state index in [2.05, 4.69) is 4.90 Å². The second-order valence-electron chi connectivity index (χ2n) is 6.43. The van der Waals surface area contributed by atoms with E-state index in [1.54, 1.807) is 6.07 Å². The molecule has 132 valence electrons. The molecule has 3 nitrogen and oxygen atoms in total. The predicted molar refractivity (Wildman–Crippen MR) is 102 cm³/mol. The van der Waals surface area contributed by atoms with Crippen LogP contribution in [0.5, 0.6) is 5.75 Å². The van der Waals surface area contributed by atoms with Crippen LogP contribution in [0.15, 0.2) is 54.6 Å². The number of halogens is 1. The van der Waals surface area contributed by atoms with E-state index in [0.29, 0.717) is 25.0 Å². The lowest BCUT2D eigenvalue weighted by molar-refractivity contribution is 0.0151. The van der Waals surface area contributed by atoms with Gasteiger partial charge in [-0.3, -0.25) is 0 Å². The summed E-state index contributed by atoms with van der Waals surface area (Å²) in [5, 5.41) is 21.2. The summed E-state index contributed by atoms with van der Waals surface area (Å²) in [4.78, 5) is 2.13. The standard InChI is InChI=1S/C20H27NO2.ClH/c1-21(2)16-8-14-20(23,18-10-4-3-5-11-18)15-13-17-9-6-7-12-19(17)22;/h3-7,9-12,22-23H,8,13-16H2,1-2H3;1H. The van der Waals surface area contributed by atoms with Crippen LogP contribution in [0, 0.1) is 0 Å². The fourth-order valence-corrected chi connectivity index (χ4v) is 2.91. The summed E-state index contributed by atoms with van der Waals surface area (Å²) in [6, 6.07) is 17.2. The highest BCUT2D eigenvalue weighted by Crippen LogP contribution is 2.32. The van der Waals surface area contributed by atoms with E-state index in [0.717, 1.165) is 24.1 Å². The third-order valence-corrected chi connectivity index (χ3v) is 4.31. The van der Waals surface area contributed by atoms with Crippen molar-refractivity contribution in [3.63, 3.8) is 0 Å². The van der Waals surface area contributed by atoms with Gasteiger partial charge in [0, 0.05) is 0 Å².